The van der Waals surface area contributed by atoms with Crippen LogP contribution in [0.5, 0.6) is 0 Å². The first-order valence-electron chi connectivity index (χ1n) is 16.3. The Morgan fingerprint density at radius 2 is 0.917 bits per heavy atom. The molecule has 0 aromatic carbocycles. The smallest absolute Gasteiger partial charge is 0.161 e. The fourth-order valence-electron chi connectivity index (χ4n) is 5.91. The molecular weight excluding hydrogens is 458 g/mol. The molecule has 0 aliphatic carbocycles. The second-order valence-corrected chi connectivity index (χ2v) is 12.7. The van der Waals surface area contributed by atoms with Gasteiger partial charge in [0, 0.05) is 6.61 Å². The molecule has 0 N–H and O–H groups in total. The Morgan fingerprint density at radius 3 is 1.25 bits per heavy atom. The summed E-state index contributed by atoms with van der Waals surface area (Å²) >= 11 is 0. The zero-order chi connectivity index (χ0) is 26.9. The highest BCUT2D eigenvalue weighted by molar-refractivity contribution is 6.27. The average Bonchev–Trinajstić information content (AvgIpc) is 2.89. The van der Waals surface area contributed by atoms with Crippen molar-refractivity contribution in [3.05, 3.63) is 0 Å². The third kappa shape index (κ3) is 18.3. The lowest BCUT2D eigenvalue weighted by molar-refractivity contribution is 0.154. The molecule has 0 aliphatic rings. The van der Waals surface area contributed by atoms with Crippen molar-refractivity contribution in [2.45, 2.75) is 132 Å². The van der Waals surface area contributed by atoms with Gasteiger partial charge in [-0.15, -0.1) is 0 Å². The quantitative estimate of drug-likeness (QED) is 0.0789. The van der Waals surface area contributed by atoms with Crippen LogP contribution >= 0.6 is 0 Å². The van der Waals surface area contributed by atoms with Gasteiger partial charge in [-0.1, -0.05) is 54.9 Å². The van der Waals surface area contributed by atoms with Crippen LogP contribution in [-0.2, 0) is 4.43 Å². The van der Waals surface area contributed by atoms with Crippen LogP contribution in [0.25, 0.3) is 0 Å². The molecule has 4 nitrogen and oxygen atoms in total. The van der Waals surface area contributed by atoms with Gasteiger partial charge in [0.05, 0.1) is 0 Å². The molecule has 0 unspecified atom stereocenters. The van der Waals surface area contributed by atoms with Gasteiger partial charge < -0.3 is 19.1 Å². The van der Waals surface area contributed by atoms with Crippen LogP contribution in [0.4, 0.5) is 0 Å². The van der Waals surface area contributed by atoms with E-state index in [-0.39, 0.29) is 9.76 Å². The second-order valence-electron chi connectivity index (χ2n) is 11.2. The van der Waals surface area contributed by atoms with Crippen LogP contribution in [0.3, 0.4) is 0 Å². The lowest BCUT2D eigenvalue weighted by Gasteiger charge is -2.37. The Kier molecular flexibility index (Phi) is 25.4. The molecule has 0 fully saturated rings. The summed E-state index contributed by atoms with van der Waals surface area (Å²) in [6.45, 7) is 28.5. The molecule has 0 atom stereocenters. The minimum absolute atomic E-state index is 0.374. The van der Waals surface area contributed by atoms with E-state index in [1.807, 2.05) is 0 Å². The van der Waals surface area contributed by atoms with Gasteiger partial charge in [0.2, 0.25) is 0 Å². The maximum absolute atomic E-state index is 6.16. The van der Waals surface area contributed by atoms with Gasteiger partial charge in [-0.25, -0.2) is 0 Å². The molecule has 0 saturated carbocycles. The second kappa shape index (κ2) is 25.3. The van der Waals surface area contributed by atoms with Gasteiger partial charge in [-0.05, 0) is 141 Å². The Balaban J connectivity index is 5.32. The standard InChI is InChI=1S/C31H69N3OSi/c1-8-15-29-35-36-30-22-31(19-16-26-32(12-5)23-9-2,20-17-27-33(13-6)24-10-3)21-18-28-34(14-7)25-11-4/h8-30,36H2,1-7H3. The molecule has 0 spiro atoms. The number of unbranched alkanes of at least 4 members (excludes halogenated alkanes) is 1. The van der Waals surface area contributed by atoms with Gasteiger partial charge in [-0.3, -0.25) is 0 Å². The van der Waals surface area contributed by atoms with Crippen molar-refractivity contribution in [1.82, 2.24) is 14.7 Å². The minimum atomic E-state index is -0.374. The van der Waals surface area contributed by atoms with Crippen molar-refractivity contribution >= 4 is 9.76 Å². The summed E-state index contributed by atoms with van der Waals surface area (Å²) in [6.07, 6.45) is 16.0. The highest BCUT2D eigenvalue weighted by Gasteiger charge is 2.29. The number of nitrogens with zero attached hydrogens (tertiary/aromatic N) is 3. The van der Waals surface area contributed by atoms with Gasteiger partial charge in [-0.2, -0.15) is 0 Å². The van der Waals surface area contributed by atoms with Crippen molar-refractivity contribution < 1.29 is 4.43 Å². The minimum Gasteiger partial charge on any atom is -0.424 e. The van der Waals surface area contributed by atoms with Crippen LogP contribution in [0, 0.1) is 5.41 Å². The fraction of sp³-hybridized carbons (Fsp3) is 1.00. The zero-order valence-corrected chi connectivity index (χ0v) is 27.6. The van der Waals surface area contributed by atoms with Crippen LogP contribution in [0.2, 0.25) is 6.04 Å². The van der Waals surface area contributed by atoms with Crippen molar-refractivity contribution in [3.8, 4) is 0 Å². The SMILES string of the molecule is CCCCO[SiH2]CCC(CCCN(CC)CCC)(CCCN(CC)CCC)CCCN(CC)CCC. The van der Waals surface area contributed by atoms with Gasteiger partial charge in [0.1, 0.15) is 0 Å². The summed E-state index contributed by atoms with van der Waals surface area (Å²) < 4.78 is 6.16. The van der Waals surface area contributed by atoms with Crippen LogP contribution in [0.1, 0.15) is 126 Å². The van der Waals surface area contributed by atoms with E-state index in [0.717, 1.165) is 6.61 Å². The van der Waals surface area contributed by atoms with Gasteiger partial charge in [0.15, 0.2) is 9.76 Å². The molecule has 0 saturated heterocycles. The van der Waals surface area contributed by atoms with E-state index in [4.69, 9.17) is 4.43 Å². The Morgan fingerprint density at radius 1 is 0.500 bits per heavy atom. The predicted molar refractivity (Wildman–Crippen MR) is 166 cm³/mol. The summed E-state index contributed by atoms with van der Waals surface area (Å²) in [4.78, 5) is 8.02. The molecule has 0 aromatic heterocycles. The van der Waals surface area contributed by atoms with E-state index >= 15 is 0 Å². The maximum atomic E-state index is 6.16. The number of rotatable bonds is 28. The van der Waals surface area contributed by atoms with E-state index in [0.29, 0.717) is 5.41 Å². The molecule has 36 heavy (non-hydrogen) atoms. The van der Waals surface area contributed by atoms with Crippen LogP contribution < -0.4 is 0 Å². The average molecular weight is 528 g/mol. The van der Waals surface area contributed by atoms with E-state index in [1.165, 1.54) is 142 Å². The monoisotopic (exact) mass is 528 g/mol. The molecule has 218 valence electrons. The predicted octanol–water partition coefficient (Wildman–Crippen LogP) is 7.22. The number of hydrogen-bond acceptors (Lipinski definition) is 4. The number of hydrogen-bond donors (Lipinski definition) is 0. The molecule has 5 heteroatoms. The van der Waals surface area contributed by atoms with Crippen molar-refractivity contribution in [1.29, 1.82) is 0 Å². The molecule has 0 bridgehead atoms. The summed E-state index contributed by atoms with van der Waals surface area (Å²) in [7, 11) is -0.374. The fourth-order valence-corrected chi connectivity index (χ4v) is 7.42. The third-order valence-corrected chi connectivity index (χ3v) is 9.36. The molecule has 0 radical (unpaired) electrons. The van der Waals surface area contributed by atoms with E-state index in [1.54, 1.807) is 0 Å². The van der Waals surface area contributed by atoms with Crippen molar-refractivity contribution in [2.24, 2.45) is 5.41 Å². The summed E-state index contributed by atoms with van der Waals surface area (Å²) in [5, 5.41) is 0. The molecule has 0 rings (SSSR count). The lowest BCUT2D eigenvalue weighted by atomic mass is 9.73. The first kappa shape index (κ1) is 36.1. The zero-order valence-electron chi connectivity index (χ0n) is 26.2. The topological polar surface area (TPSA) is 19.0 Å². The van der Waals surface area contributed by atoms with Crippen molar-refractivity contribution in [3.63, 3.8) is 0 Å². The Hall–Kier alpha value is 0.0569. The maximum Gasteiger partial charge on any atom is 0.161 e. The molecule has 0 amide bonds. The van der Waals surface area contributed by atoms with E-state index < -0.39 is 0 Å². The summed E-state index contributed by atoms with van der Waals surface area (Å²) in [5.41, 5.74) is 0.518. The lowest BCUT2D eigenvalue weighted by Crippen LogP contribution is -2.31. The summed E-state index contributed by atoms with van der Waals surface area (Å²) in [6, 6.07) is 1.37. The van der Waals surface area contributed by atoms with E-state index in [9.17, 15) is 0 Å². The van der Waals surface area contributed by atoms with Gasteiger partial charge >= 0.3 is 0 Å². The Labute approximate surface area is 231 Å². The Bertz CT molecular complexity index is 401. The third-order valence-electron chi connectivity index (χ3n) is 8.14. The molecule has 0 aromatic rings. The normalized spacial score (nSPS) is 12.8. The van der Waals surface area contributed by atoms with Crippen LogP contribution in [-0.4, -0.2) is 90.0 Å². The van der Waals surface area contributed by atoms with E-state index in [2.05, 4.69) is 63.2 Å². The van der Waals surface area contributed by atoms with Crippen LogP contribution in [0.15, 0.2) is 0 Å². The highest BCUT2D eigenvalue weighted by atomic mass is 28.2. The molecule has 0 aliphatic heterocycles. The van der Waals surface area contributed by atoms with Gasteiger partial charge in [0.25, 0.3) is 0 Å². The first-order valence-corrected chi connectivity index (χ1v) is 17.9. The first-order chi connectivity index (χ1) is 17.5. The summed E-state index contributed by atoms with van der Waals surface area (Å²) in [5.74, 6) is 0. The van der Waals surface area contributed by atoms with Crippen molar-refractivity contribution in [2.75, 3.05) is 65.5 Å². The largest absolute Gasteiger partial charge is 0.424 e. The molecule has 0 heterocycles. The molecular formula is C31H69N3OSi. The highest BCUT2D eigenvalue weighted by Crippen LogP contribution is 2.40.